The van der Waals surface area contributed by atoms with Crippen molar-refractivity contribution < 1.29 is 4.74 Å². The van der Waals surface area contributed by atoms with E-state index in [-0.39, 0.29) is 0 Å². The van der Waals surface area contributed by atoms with Gasteiger partial charge in [0.25, 0.3) is 0 Å². The summed E-state index contributed by atoms with van der Waals surface area (Å²) in [7, 11) is 0. The lowest BCUT2D eigenvalue weighted by Gasteiger charge is -2.13. The first-order chi connectivity index (χ1) is 8.11. The van der Waals surface area contributed by atoms with Crippen LogP contribution in [0.25, 0.3) is 0 Å². The summed E-state index contributed by atoms with van der Waals surface area (Å²) in [6.07, 6.45) is 1.16. The van der Waals surface area contributed by atoms with E-state index in [2.05, 4.69) is 51.2 Å². The first-order valence-electron chi connectivity index (χ1n) is 6.57. The van der Waals surface area contributed by atoms with Gasteiger partial charge in [0.1, 0.15) is 5.75 Å². The Balaban J connectivity index is 2.47. The molecule has 1 N–H and O–H groups in total. The van der Waals surface area contributed by atoms with Gasteiger partial charge in [0.15, 0.2) is 0 Å². The quantitative estimate of drug-likeness (QED) is 0.779. The minimum Gasteiger partial charge on any atom is -0.493 e. The van der Waals surface area contributed by atoms with Crippen LogP contribution >= 0.6 is 0 Å². The van der Waals surface area contributed by atoms with Crippen molar-refractivity contribution in [2.45, 2.75) is 46.7 Å². The molecule has 0 fully saturated rings. The standard InChI is InChI=1S/C15H25NO/c1-5-13(4)11-17-15-8-6-7-14(9-15)10-16-12(2)3/h6-9,12-13,16H,5,10-11H2,1-4H3. The topological polar surface area (TPSA) is 21.3 Å². The molecule has 2 heteroatoms. The summed E-state index contributed by atoms with van der Waals surface area (Å²) in [5.41, 5.74) is 1.28. The van der Waals surface area contributed by atoms with Crippen LogP contribution in [0, 0.1) is 5.92 Å². The van der Waals surface area contributed by atoms with E-state index >= 15 is 0 Å². The molecule has 0 saturated carbocycles. The highest BCUT2D eigenvalue weighted by Gasteiger charge is 2.01. The Morgan fingerprint density at radius 1 is 1.24 bits per heavy atom. The van der Waals surface area contributed by atoms with Crippen LogP contribution in [0.4, 0.5) is 0 Å². The fraction of sp³-hybridized carbons (Fsp3) is 0.600. The molecule has 17 heavy (non-hydrogen) atoms. The van der Waals surface area contributed by atoms with Gasteiger partial charge in [-0.3, -0.25) is 0 Å². The molecule has 1 aromatic carbocycles. The molecule has 1 unspecified atom stereocenters. The molecule has 0 amide bonds. The average molecular weight is 235 g/mol. The lowest BCUT2D eigenvalue weighted by atomic mass is 10.1. The van der Waals surface area contributed by atoms with E-state index in [0.29, 0.717) is 12.0 Å². The Morgan fingerprint density at radius 2 is 2.00 bits per heavy atom. The molecule has 0 heterocycles. The zero-order chi connectivity index (χ0) is 12.7. The molecule has 1 aromatic rings. The molecule has 0 bridgehead atoms. The molecule has 1 atom stereocenters. The van der Waals surface area contributed by atoms with Crippen LogP contribution < -0.4 is 10.1 Å². The van der Waals surface area contributed by atoms with Gasteiger partial charge in [0.2, 0.25) is 0 Å². The predicted octanol–water partition coefficient (Wildman–Crippen LogP) is 3.61. The third kappa shape index (κ3) is 5.73. The third-order valence-corrected chi connectivity index (χ3v) is 2.84. The summed E-state index contributed by atoms with van der Waals surface area (Å²) in [6, 6.07) is 8.85. The Bertz CT molecular complexity index is 322. The van der Waals surface area contributed by atoms with Crippen LogP contribution in [-0.4, -0.2) is 12.6 Å². The SMILES string of the molecule is CCC(C)COc1cccc(CNC(C)C)c1. The number of nitrogens with one attached hydrogen (secondary N) is 1. The van der Waals surface area contributed by atoms with Gasteiger partial charge in [-0.25, -0.2) is 0 Å². The summed E-state index contributed by atoms with van der Waals surface area (Å²) in [6.45, 7) is 10.4. The maximum absolute atomic E-state index is 5.78. The average Bonchev–Trinajstić information content (AvgIpc) is 2.34. The zero-order valence-corrected chi connectivity index (χ0v) is 11.5. The van der Waals surface area contributed by atoms with Gasteiger partial charge in [-0.1, -0.05) is 46.2 Å². The molecule has 0 aliphatic rings. The van der Waals surface area contributed by atoms with E-state index in [0.717, 1.165) is 25.3 Å². The Morgan fingerprint density at radius 3 is 2.65 bits per heavy atom. The van der Waals surface area contributed by atoms with E-state index in [1.165, 1.54) is 5.56 Å². The van der Waals surface area contributed by atoms with Gasteiger partial charge < -0.3 is 10.1 Å². The van der Waals surface area contributed by atoms with Gasteiger partial charge >= 0.3 is 0 Å². The molecule has 0 saturated heterocycles. The van der Waals surface area contributed by atoms with Crippen LogP contribution in [-0.2, 0) is 6.54 Å². The molecule has 1 rings (SSSR count). The molecule has 0 spiro atoms. The highest BCUT2D eigenvalue weighted by Crippen LogP contribution is 2.15. The van der Waals surface area contributed by atoms with E-state index < -0.39 is 0 Å². The number of hydrogen-bond donors (Lipinski definition) is 1. The van der Waals surface area contributed by atoms with Crippen LogP contribution in [0.1, 0.15) is 39.7 Å². The first-order valence-corrected chi connectivity index (χ1v) is 6.57. The predicted molar refractivity (Wildman–Crippen MR) is 73.4 cm³/mol. The molecule has 0 radical (unpaired) electrons. The molecule has 0 aliphatic carbocycles. The second-order valence-electron chi connectivity index (χ2n) is 5.01. The van der Waals surface area contributed by atoms with Gasteiger partial charge in [0.05, 0.1) is 6.61 Å². The smallest absolute Gasteiger partial charge is 0.119 e. The largest absolute Gasteiger partial charge is 0.493 e. The van der Waals surface area contributed by atoms with E-state index in [9.17, 15) is 0 Å². The van der Waals surface area contributed by atoms with Crippen molar-refractivity contribution in [3.05, 3.63) is 29.8 Å². The maximum atomic E-state index is 5.78. The molecule has 0 aliphatic heterocycles. The van der Waals surface area contributed by atoms with Crippen molar-refractivity contribution in [1.82, 2.24) is 5.32 Å². The van der Waals surface area contributed by atoms with Crippen LogP contribution in [0.5, 0.6) is 5.75 Å². The van der Waals surface area contributed by atoms with Crippen molar-refractivity contribution in [2.75, 3.05) is 6.61 Å². The molecular weight excluding hydrogens is 210 g/mol. The summed E-state index contributed by atoms with van der Waals surface area (Å²) < 4.78 is 5.78. The highest BCUT2D eigenvalue weighted by atomic mass is 16.5. The summed E-state index contributed by atoms with van der Waals surface area (Å²) in [5.74, 6) is 1.60. The van der Waals surface area contributed by atoms with Gasteiger partial charge in [-0.2, -0.15) is 0 Å². The highest BCUT2D eigenvalue weighted by molar-refractivity contribution is 5.28. The van der Waals surface area contributed by atoms with E-state index in [4.69, 9.17) is 4.74 Å². The number of hydrogen-bond acceptors (Lipinski definition) is 2. The maximum Gasteiger partial charge on any atom is 0.119 e. The van der Waals surface area contributed by atoms with Gasteiger partial charge in [-0.05, 0) is 23.6 Å². The normalized spacial score (nSPS) is 12.8. The lowest BCUT2D eigenvalue weighted by molar-refractivity contribution is 0.256. The molecule has 0 aromatic heterocycles. The summed E-state index contributed by atoms with van der Waals surface area (Å²) >= 11 is 0. The van der Waals surface area contributed by atoms with Crippen molar-refractivity contribution in [1.29, 1.82) is 0 Å². The van der Waals surface area contributed by atoms with Gasteiger partial charge in [0, 0.05) is 12.6 Å². The fourth-order valence-corrected chi connectivity index (χ4v) is 1.42. The van der Waals surface area contributed by atoms with Crippen molar-refractivity contribution in [3.63, 3.8) is 0 Å². The van der Waals surface area contributed by atoms with Gasteiger partial charge in [-0.15, -0.1) is 0 Å². The number of ether oxygens (including phenoxy) is 1. The Labute approximate surface area is 105 Å². The monoisotopic (exact) mass is 235 g/mol. The Kier molecular flexibility index (Phi) is 6.06. The summed E-state index contributed by atoms with van der Waals surface area (Å²) in [4.78, 5) is 0. The van der Waals surface area contributed by atoms with Crippen molar-refractivity contribution in [2.24, 2.45) is 5.92 Å². The minimum atomic E-state index is 0.514. The Hall–Kier alpha value is -1.02. The zero-order valence-electron chi connectivity index (χ0n) is 11.5. The summed E-state index contributed by atoms with van der Waals surface area (Å²) in [5, 5.41) is 3.41. The molecule has 96 valence electrons. The number of rotatable bonds is 7. The van der Waals surface area contributed by atoms with Crippen LogP contribution in [0.3, 0.4) is 0 Å². The second kappa shape index (κ2) is 7.33. The number of benzene rings is 1. The molecular formula is C15H25NO. The van der Waals surface area contributed by atoms with Crippen molar-refractivity contribution >= 4 is 0 Å². The lowest BCUT2D eigenvalue weighted by Crippen LogP contribution is -2.21. The third-order valence-electron chi connectivity index (χ3n) is 2.84. The first kappa shape index (κ1) is 14.0. The van der Waals surface area contributed by atoms with Crippen LogP contribution in [0.2, 0.25) is 0 Å². The second-order valence-corrected chi connectivity index (χ2v) is 5.01. The van der Waals surface area contributed by atoms with Crippen molar-refractivity contribution in [3.8, 4) is 5.75 Å². The van der Waals surface area contributed by atoms with E-state index in [1.807, 2.05) is 6.07 Å². The van der Waals surface area contributed by atoms with Crippen LogP contribution in [0.15, 0.2) is 24.3 Å². The van der Waals surface area contributed by atoms with E-state index in [1.54, 1.807) is 0 Å². The molecule has 2 nitrogen and oxygen atoms in total. The minimum absolute atomic E-state index is 0.514. The fourth-order valence-electron chi connectivity index (χ4n) is 1.42.